The van der Waals surface area contributed by atoms with E-state index in [-0.39, 0.29) is 11.8 Å². The van der Waals surface area contributed by atoms with Crippen molar-refractivity contribution in [2.75, 3.05) is 25.0 Å². The van der Waals surface area contributed by atoms with Crippen molar-refractivity contribution in [3.05, 3.63) is 94.3 Å². The lowest BCUT2D eigenvalue weighted by molar-refractivity contribution is 0.0940. The van der Waals surface area contributed by atoms with Crippen LogP contribution in [-0.2, 0) is 13.1 Å². The number of carbonyl (C=O) groups is 2. The van der Waals surface area contributed by atoms with Crippen LogP contribution in [-0.4, -0.2) is 47.5 Å². The van der Waals surface area contributed by atoms with Crippen molar-refractivity contribution in [2.45, 2.75) is 71.0 Å². The highest BCUT2D eigenvalue weighted by atomic mass is 16.2. The topological polar surface area (TPSA) is 57.6 Å². The summed E-state index contributed by atoms with van der Waals surface area (Å²) < 4.78 is 2.08. The van der Waals surface area contributed by atoms with Gasteiger partial charge in [0.25, 0.3) is 11.8 Å². The van der Waals surface area contributed by atoms with Crippen molar-refractivity contribution in [3.8, 4) is 0 Å². The van der Waals surface area contributed by atoms with Crippen molar-refractivity contribution >= 4 is 23.1 Å². The van der Waals surface area contributed by atoms with Gasteiger partial charge >= 0.3 is 0 Å². The van der Waals surface area contributed by atoms with Crippen LogP contribution < -0.4 is 10.2 Å². The second-order valence-corrected chi connectivity index (χ2v) is 11.6. The minimum atomic E-state index is -0.0487. The number of amides is 2. The summed E-state index contributed by atoms with van der Waals surface area (Å²) in [7, 11) is 2.17. The van der Waals surface area contributed by atoms with Gasteiger partial charge in [0.2, 0.25) is 0 Å². The van der Waals surface area contributed by atoms with E-state index in [0.29, 0.717) is 36.9 Å². The lowest BCUT2D eigenvalue weighted by Gasteiger charge is -2.23. The Bertz CT molecular complexity index is 1450. The maximum atomic E-state index is 14.0. The molecule has 1 unspecified atom stereocenters. The van der Waals surface area contributed by atoms with Gasteiger partial charge in [0.05, 0.1) is 13.1 Å². The lowest BCUT2D eigenvalue weighted by atomic mass is 9.90. The van der Waals surface area contributed by atoms with E-state index in [1.54, 1.807) is 0 Å². The predicted molar refractivity (Wildman–Crippen MR) is 161 cm³/mol. The van der Waals surface area contributed by atoms with E-state index in [4.69, 9.17) is 0 Å². The molecular weight excluding hydrogens is 496 g/mol. The fourth-order valence-electron chi connectivity index (χ4n) is 6.72. The Morgan fingerprint density at radius 3 is 2.65 bits per heavy atom. The standard InChI is InChI=1S/C34H40N4O2/c1-24-21-26(14-16-30(24)25-9-4-3-5-10-25)34(40)38-23-29-15-17-32(37(29)22-27-11-6-7-13-31(27)38)33(39)35-19-18-28-12-8-20-36(28)2/h6-7,9,11,13-17,21,28H,3-5,8,10,12,18-20,22-23H2,1-2H3,(H,35,39). The highest BCUT2D eigenvalue weighted by Crippen LogP contribution is 2.32. The second kappa shape index (κ2) is 11.5. The number of anilines is 1. The second-order valence-electron chi connectivity index (χ2n) is 11.6. The molecule has 2 aliphatic heterocycles. The number of hydrogen-bond donors (Lipinski definition) is 1. The van der Waals surface area contributed by atoms with Crippen LogP contribution in [0.15, 0.2) is 60.7 Å². The summed E-state index contributed by atoms with van der Waals surface area (Å²) in [5.74, 6) is -0.0616. The molecule has 3 aliphatic rings. The first kappa shape index (κ1) is 26.6. The number of nitrogens with one attached hydrogen (secondary N) is 1. The molecule has 1 aliphatic carbocycles. The van der Waals surface area contributed by atoms with E-state index in [2.05, 4.69) is 47.0 Å². The maximum Gasteiger partial charge on any atom is 0.267 e. The lowest BCUT2D eigenvalue weighted by Crippen LogP contribution is -2.33. The molecule has 6 heteroatoms. The van der Waals surface area contributed by atoms with Crippen LogP contribution in [0.4, 0.5) is 5.69 Å². The molecule has 0 radical (unpaired) electrons. The van der Waals surface area contributed by atoms with Crippen LogP contribution in [0.2, 0.25) is 0 Å². The molecule has 2 amide bonds. The van der Waals surface area contributed by atoms with Crippen LogP contribution in [0, 0.1) is 6.92 Å². The van der Waals surface area contributed by atoms with E-state index in [1.807, 2.05) is 47.4 Å². The largest absolute Gasteiger partial charge is 0.351 e. The monoisotopic (exact) mass is 536 g/mol. The van der Waals surface area contributed by atoms with Crippen LogP contribution in [0.5, 0.6) is 0 Å². The minimum absolute atomic E-state index is 0.0129. The van der Waals surface area contributed by atoms with Crippen LogP contribution in [0.3, 0.4) is 0 Å². The summed E-state index contributed by atoms with van der Waals surface area (Å²) in [5.41, 5.74) is 8.07. The quantitative estimate of drug-likeness (QED) is 0.410. The molecule has 0 saturated carbocycles. The Hall–Kier alpha value is -3.64. The van der Waals surface area contributed by atoms with Gasteiger partial charge < -0.3 is 19.7 Å². The summed E-state index contributed by atoms with van der Waals surface area (Å²) in [6, 6.07) is 18.7. The molecule has 0 bridgehead atoms. The predicted octanol–water partition coefficient (Wildman–Crippen LogP) is 6.18. The van der Waals surface area contributed by atoms with Crippen molar-refractivity contribution in [1.29, 1.82) is 0 Å². The average molecular weight is 537 g/mol. The fraction of sp³-hybridized carbons (Fsp3) is 0.412. The number of rotatable bonds is 6. The van der Waals surface area contributed by atoms with Gasteiger partial charge in [-0.3, -0.25) is 9.59 Å². The Labute approximate surface area is 237 Å². The summed E-state index contributed by atoms with van der Waals surface area (Å²) in [5, 5.41) is 3.15. The van der Waals surface area contributed by atoms with E-state index in [9.17, 15) is 9.59 Å². The number of para-hydroxylation sites is 1. The summed E-state index contributed by atoms with van der Waals surface area (Å²) in [6.07, 6.45) is 10.5. The molecular formula is C34H40N4O2. The molecule has 1 N–H and O–H groups in total. The molecule has 208 valence electrons. The number of nitrogens with zero attached hydrogens (tertiary/aromatic N) is 3. The third-order valence-corrected chi connectivity index (χ3v) is 9.02. The molecule has 3 aromatic rings. The van der Waals surface area contributed by atoms with Gasteiger partial charge in [-0.05, 0) is 118 Å². The molecule has 6 nitrogen and oxygen atoms in total. The third kappa shape index (κ3) is 5.25. The van der Waals surface area contributed by atoms with Gasteiger partial charge in [-0.2, -0.15) is 0 Å². The number of aromatic nitrogens is 1. The number of hydrogen-bond acceptors (Lipinski definition) is 3. The zero-order chi connectivity index (χ0) is 27.6. The number of allylic oxidation sites excluding steroid dienone is 2. The smallest absolute Gasteiger partial charge is 0.267 e. The molecule has 1 aromatic heterocycles. The van der Waals surface area contributed by atoms with E-state index in [0.717, 1.165) is 48.3 Å². The number of carbonyl (C=O) groups excluding carboxylic acids is 2. The molecule has 3 heterocycles. The number of aryl methyl sites for hydroxylation is 1. The van der Waals surface area contributed by atoms with Crippen molar-refractivity contribution in [3.63, 3.8) is 0 Å². The molecule has 1 atom stereocenters. The first-order chi connectivity index (χ1) is 19.5. The molecule has 40 heavy (non-hydrogen) atoms. The SMILES string of the molecule is Cc1cc(C(=O)N2Cc3ccc(C(=O)NCCC4CCCN4C)n3Cc3ccccc32)ccc1C1=CCCCC1. The highest BCUT2D eigenvalue weighted by Gasteiger charge is 2.28. The number of benzene rings is 2. The zero-order valence-electron chi connectivity index (χ0n) is 23.8. The summed E-state index contributed by atoms with van der Waals surface area (Å²) >= 11 is 0. The molecule has 0 spiro atoms. The van der Waals surface area contributed by atoms with Crippen LogP contribution in [0.25, 0.3) is 5.57 Å². The van der Waals surface area contributed by atoms with Gasteiger partial charge in [-0.1, -0.05) is 30.3 Å². The van der Waals surface area contributed by atoms with Gasteiger partial charge in [0.15, 0.2) is 0 Å². The van der Waals surface area contributed by atoms with Gasteiger partial charge in [-0.15, -0.1) is 0 Å². The highest BCUT2D eigenvalue weighted by molar-refractivity contribution is 6.07. The molecule has 6 rings (SSSR count). The first-order valence-electron chi connectivity index (χ1n) is 14.9. The molecule has 2 aromatic carbocycles. The van der Waals surface area contributed by atoms with E-state index < -0.39 is 0 Å². The van der Waals surface area contributed by atoms with Gasteiger partial charge in [-0.25, -0.2) is 0 Å². The Morgan fingerprint density at radius 2 is 1.88 bits per heavy atom. The molecule has 1 fully saturated rings. The van der Waals surface area contributed by atoms with Crippen LogP contribution >= 0.6 is 0 Å². The minimum Gasteiger partial charge on any atom is -0.351 e. The zero-order valence-corrected chi connectivity index (χ0v) is 23.8. The molecule has 1 saturated heterocycles. The van der Waals surface area contributed by atoms with E-state index >= 15 is 0 Å². The average Bonchev–Trinajstić information content (AvgIpc) is 3.53. The number of likely N-dealkylation sites (tertiary alicyclic amines) is 1. The van der Waals surface area contributed by atoms with Crippen LogP contribution in [0.1, 0.15) is 88.2 Å². The first-order valence-corrected chi connectivity index (χ1v) is 14.9. The maximum absolute atomic E-state index is 14.0. The van der Waals surface area contributed by atoms with Crippen molar-refractivity contribution < 1.29 is 9.59 Å². The Balaban J connectivity index is 1.24. The Morgan fingerprint density at radius 1 is 1.00 bits per heavy atom. The van der Waals surface area contributed by atoms with Gasteiger partial charge in [0.1, 0.15) is 5.69 Å². The number of fused-ring (bicyclic) bond motifs is 2. The van der Waals surface area contributed by atoms with Crippen molar-refractivity contribution in [2.24, 2.45) is 0 Å². The summed E-state index contributed by atoms with van der Waals surface area (Å²) in [6.45, 7) is 4.90. The van der Waals surface area contributed by atoms with Crippen molar-refractivity contribution in [1.82, 2.24) is 14.8 Å². The van der Waals surface area contributed by atoms with Gasteiger partial charge in [0, 0.05) is 29.5 Å². The fourth-order valence-corrected chi connectivity index (χ4v) is 6.72. The summed E-state index contributed by atoms with van der Waals surface area (Å²) in [4.78, 5) is 31.5. The normalized spacial score (nSPS) is 19.0. The Kier molecular flexibility index (Phi) is 7.61. The third-order valence-electron chi connectivity index (χ3n) is 9.02. The van der Waals surface area contributed by atoms with E-state index in [1.165, 1.54) is 36.8 Å².